The van der Waals surface area contributed by atoms with Gasteiger partial charge < -0.3 is 5.73 Å². The average molecular weight is 366 g/mol. The molecule has 22 heavy (non-hydrogen) atoms. The molecule has 0 unspecified atom stereocenters. The summed E-state index contributed by atoms with van der Waals surface area (Å²) < 4.78 is 1.17. The first-order chi connectivity index (χ1) is 10.7. The van der Waals surface area contributed by atoms with E-state index >= 15 is 0 Å². The molecule has 0 amide bonds. The summed E-state index contributed by atoms with van der Waals surface area (Å²) in [6.07, 6.45) is 8.07. The lowest BCUT2D eigenvalue weighted by Gasteiger charge is -2.29. The normalized spacial score (nSPS) is 21.1. The molecule has 3 nitrogen and oxygen atoms in total. The fraction of sp³-hybridized carbons (Fsp3) is 0.667. The van der Waals surface area contributed by atoms with Crippen LogP contribution in [0.15, 0.2) is 16.6 Å². The number of piperidine rings is 2. The van der Waals surface area contributed by atoms with Gasteiger partial charge in [0.05, 0.1) is 0 Å². The Hall–Kier alpha value is -0.580. The topological polar surface area (TPSA) is 32.5 Å². The molecule has 0 radical (unpaired) electrons. The van der Waals surface area contributed by atoms with E-state index < -0.39 is 0 Å². The molecule has 2 aliphatic rings. The van der Waals surface area contributed by atoms with Crippen LogP contribution in [0.25, 0.3) is 0 Å². The number of hydrogen-bond donors (Lipinski definition) is 1. The van der Waals surface area contributed by atoms with Crippen LogP contribution >= 0.6 is 15.9 Å². The molecule has 1 aromatic rings. The van der Waals surface area contributed by atoms with Gasteiger partial charge in [0.2, 0.25) is 0 Å². The van der Waals surface area contributed by atoms with Crippen molar-refractivity contribution in [2.75, 3.05) is 31.9 Å². The number of rotatable bonds is 4. The van der Waals surface area contributed by atoms with Crippen molar-refractivity contribution in [2.24, 2.45) is 0 Å². The summed E-state index contributed by atoms with van der Waals surface area (Å²) in [5.41, 5.74) is 10.1. The second-order valence-electron chi connectivity index (χ2n) is 6.81. The first kappa shape index (κ1) is 16.3. The first-order valence-corrected chi connectivity index (χ1v) is 9.53. The van der Waals surface area contributed by atoms with E-state index in [1.54, 1.807) is 0 Å². The van der Waals surface area contributed by atoms with E-state index in [0.717, 1.165) is 18.8 Å². The van der Waals surface area contributed by atoms with Crippen LogP contribution in [-0.4, -0.2) is 36.0 Å². The molecule has 0 spiro atoms. The summed E-state index contributed by atoms with van der Waals surface area (Å²) in [6, 6.07) is 4.42. The third-order valence-electron chi connectivity index (χ3n) is 5.00. The fourth-order valence-corrected chi connectivity index (χ4v) is 4.27. The van der Waals surface area contributed by atoms with Crippen LogP contribution in [0, 0.1) is 0 Å². The van der Waals surface area contributed by atoms with E-state index in [9.17, 15) is 0 Å². The molecular formula is C18H28BrN3. The molecule has 4 heteroatoms. The molecule has 2 N–H and O–H groups in total. The molecule has 0 aliphatic carbocycles. The van der Waals surface area contributed by atoms with Gasteiger partial charge in [-0.25, -0.2) is 0 Å². The van der Waals surface area contributed by atoms with Crippen molar-refractivity contribution >= 4 is 21.6 Å². The van der Waals surface area contributed by atoms with Gasteiger partial charge in [-0.2, -0.15) is 0 Å². The van der Waals surface area contributed by atoms with E-state index in [4.69, 9.17) is 5.73 Å². The number of anilines is 1. The Kier molecular flexibility index (Phi) is 5.77. The molecule has 0 atom stereocenters. The number of benzene rings is 1. The summed E-state index contributed by atoms with van der Waals surface area (Å²) in [6.45, 7) is 6.86. The van der Waals surface area contributed by atoms with Crippen LogP contribution in [-0.2, 0) is 13.1 Å². The lowest BCUT2D eigenvalue weighted by atomic mass is 10.0. The number of nitrogens with zero attached hydrogens (tertiary/aromatic N) is 2. The van der Waals surface area contributed by atoms with Crippen LogP contribution in [0.5, 0.6) is 0 Å². The van der Waals surface area contributed by atoms with Crippen molar-refractivity contribution in [1.82, 2.24) is 9.80 Å². The van der Waals surface area contributed by atoms with E-state index in [1.165, 1.54) is 80.3 Å². The van der Waals surface area contributed by atoms with Gasteiger partial charge in [0.15, 0.2) is 0 Å². The first-order valence-electron chi connectivity index (χ1n) is 8.74. The predicted octanol–water partition coefficient (Wildman–Crippen LogP) is 4.00. The second kappa shape index (κ2) is 7.80. The van der Waals surface area contributed by atoms with Crippen LogP contribution in [0.2, 0.25) is 0 Å². The van der Waals surface area contributed by atoms with Crippen LogP contribution < -0.4 is 5.73 Å². The second-order valence-corrected chi connectivity index (χ2v) is 7.73. The van der Waals surface area contributed by atoms with E-state index in [2.05, 4.69) is 37.9 Å². The Bertz CT molecular complexity index is 450. The molecule has 2 fully saturated rings. The van der Waals surface area contributed by atoms with Crippen molar-refractivity contribution in [1.29, 1.82) is 0 Å². The van der Waals surface area contributed by atoms with Gasteiger partial charge in [-0.1, -0.05) is 28.8 Å². The summed E-state index contributed by atoms with van der Waals surface area (Å²) in [5, 5.41) is 0. The predicted molar refractivity (Wildman–Crippen MR) is 96.8 cm³/mol. The Labute approximate surface area is 143 Å². The molecule has 2 heterocycles. The van der Waals surface area contributed by atoms with Gasteiger partial charge in [-0.3, -0.25) is 9.80 Å². The lowest BCUT2D eigenvalue weighted by Crippen LogP contribution is -2.31. The Morgan fingerprint density at radius 1 is 0.773 bits per heavy atom. The van der Waals surface area contributed by atoms with Crippen LogP contribution in [0.4, 0.5) is 5.69 Å². The van der Waals surface area contributed by atoms with E-state index in [1.807, 2.05) is 0 Å². The van der Waals surface area contributed by atoms with Crippen molar-refractivity contribution in [3.63, 3.8) is 0 Å². The minimum atomic E-state index is 0.998. The van der Waals surface area contributed by atoms with E-state index in [-0.39, 0.29) is 0 Å². The van der Waals surface area contributed by atoms with Crippen molar-refractivity contribution in [2.45, 2.75) is 51.6 Å². The Morgan fingerprint density at radius 3 is 1.59 bits per heavy atom. The molecule has 0 saturated carbocycles. The SMILES string of the molecule is Nc1c(CN2CCCCC2)cc(Br)cc1CN1CCCCC1. The maximum absolute atomic E-state index is 6.51. The number of nitrogens with two attached hydrogens (primary N) is 1. The molecule has 2 saturated heterocycles. The molecule has 0 bridgehead atoms. The smallest absolute Gasteiger partial charge is 0.0406 e. The number of nitrogen functional groups attached to an aromatic ring is 1. The fourth-order valence-electron chi connectivity index (χ4n) is 3.71. The number of likely N-dealkylation sites (tertiary alicyclic amines) is 2. The minimum absolute atomic E-state index is 0.998. The highest BCUT2D eigenvalue weighted by atomic mass is 79.9. The zero-order chi connectivity index (χ0) is 15.4. The minimum Gasteiger partial charge on any atom is -0.398 e. The lowest BCUT2D eigenvalue weighted by molar-refractivity contribution is 0.218. The van der Waals surface area contributed by atoms with Crippen molar-refractivity contribution in [3.8, 4) is 0 Å². The largest absolute Gasteiger partial charge is 0.398 e. The summed E-state index contributed by atoms with van der Waals surface area (Å²) in [7, 11) is 0. The summed E-state index contributed by atoms with van der Waals surface area (Å²) in [5.74, 6) is 0. The van der Waals surface area contributed by atoms with Crippen LogP contribution in [0.1, 0.15) is 49.7 Å². The maximum Gasteiger partial charge on any atom is 0.0406 e. The monoisotopic (exact) mass is 365 g/mol. The standard InChI is InChI=1S/C18H28BrN3/c19-17-11-15(13-21-7-3-1-4-8-21)18(20)16(12-17)14-22-9-5-2-6-10-22/h11-12H,1-10,13-14,20H2. The van der Waals surface area contributed by atoms with Crippen LogP contribution in [0.3, 0.4) is 0 Å². The molecule has 122 valence electrons. The molecular weight excluding hydrogens is 338 g/mol. The van der Waals surface area contributed by atoms with Gasteiger partial charge in [-0.15, -0.1) is 0 Å². The highest BCUT2D eigenvalue weighted by Gasteiger charge is 2.17. The maximum atomic E-state index is 6.51. The summed E-state index contributed by atoms with van der Waals surface area (Å²) in [4.78, 5) is 5.10. The van der Waals surface area contributed by atoms with Gasteiger partial charge in [0.25, 0.3) is 0 Å². The van der Waals surface area contributed by atoms with Gasteiger partial charge >= 0.3 is 0 Å². The molecule has 1 aromatic carbocycles. The number of halogens is 1. The average Bonchev–Trinajstić information content (AvgIpc) is 2.54. The third kappa shape index (κ3) is 4.24. The van der Waals surface area contributed by atoms with E-state index in [0.29, 0.717) is 0 Å². The Balaban J connectivity index is 1.72. The van der Waals surface area contributed by atoms with Crippen molar-refractivity contribution in [3.05, 3.63) is 27.7 Å². The summed E-state index contributed by atoms with van der Waals surface area (Å²) >= 11 is 3.68. The molecule has 0 aromatic heterocycles. The van der Waals surface area contributed by atoms with Gasteiger partial charge in [-0.05, 0) is 75.1 Å². The zero-order valence-electron chi connectivity index (χ0n) is 13.5. The quantitative estimate of drug-likeness (QED) is 0.818. The van der Waals surface area contributed by atoms with Crippen molar-refractivity contribution < 1.29 is 0 Å². The highest BCUT2D eigenvalue weighted by Crippen LogP contribution is 2.28. The molecule has 3 rings (SSSR count). The molecule has 2 aliphatic heterocycles. The van der Waals surface area contributed by atoms with Gasteiger partial charge in [0.1, 0.15) is 0 Å². The number of hydrogen-bond acceptors (Lipinski definition) is 3. The highest BCUT2D eigenvalue weighted by molar-refractivity contribution is 9.10. The third-order valence-corrected chi connectivity index (χ3v) is 5.46. The zero-order valence-corrected chi connectivity index (χ0v) is 15.1. The Morgan fingerprint density at radius 2 is 1.18 bits per heavy atom. The van der Waals surface area contributed by atoms with Gasteiger partial charge in [0, 0.05) is 23.2 Å².